The molecule has 3 N–H and O–H groups in total. The van der Waals surface area contributed by atoms with E-state index in [0.29, 0.717) is 16.3 Å². The number of nitriles is 1. The normalized spacial score (nSPS) is 11.6. The van der Waals surface area contributed by atoms with Crippen LogP contribution in [-0.4, -0.2) is 0 Å². The predicted molar refractivity (Wildman–Crippen MR) is 79.1 cm³/mol. The Bertz CT molecular complexity index is 632. The molecule has 0 bridgehead atoms. The van der Waals surface area contributed by atoms with E-state index in [1.54, 1.807) is 18.2 Å². The Balaban J connectivity index is 2.27. The third-order valence-electron chi connectivity index (χ3n) is 2.93. The average molecular weight is 272 g/mol. The van der Waals surface area contributed by atoms with E-state index in [0.717, 1.165) is 11.3 Å². The molecule has 0 spiro atoms. The van der Waals surface area contributed by atoms with Gasteiger partial charge in [0.25, 0.3) is 0 Å². The van der Waals surface area contributed by atoms with E-state index < -0.39 is 0 Å². The minimum Gasteiger partial charge on any atom is -0.397 e. The fourth-order valence-electron chi connectivity index (χ4n) is 1.89. The maximum atomic E-state index is 8.91. The molecule has 2 aromatic carbocycles. The van der Waals surface area contributed by atoms with E-state index >= 15 is 0 Å². The molecule has 4 heteroatoms. The first kappa shape index (κ1) is 13.3. The lowest BCUT2D eigenvalue weighted by molar-refractivity contribution is 0.885. The number of nitrogens with one attached hydrogen (secondary N) is 1. The Hall–Kier alpha value is -2.18. The van der Waals surface area contributed by atoms with Crippen LogP contribution in [-0.2, 0) is 0 Å². The molecule has 0 fully saturated rings. The Kier molecular flexibility index (Phi) is 3.94. The fraction of sp³-hybridized carbons (Fsp3) is 0.133. The van der Waals surface area contributed by atoms with E-state index in [4.69, 9.17) is 22.6 Å². The van der Waals surface area contributed by atoms with Crippen molar-refractivity contribution in [1.82, 2.24) is 0 Å². The number of nitrogen functional groups attached to an aromatic ring is 1. The molecule has 0 saturated heterocycles. The van der Waals surface area contributed by atoms with Gasteiger partial charge in [0.05, 0.1) is 29.0 Å². The molecule has 0 aliphatic carbocycles. The van der Waals surface area contributed by atoms with Crippen LogP contribution in [0.15, 0.2) is 42.5 Å². The van der Waals surface area contributed by atoms with E-state index in [2.05, 4.69) is 11.4 Å². The smallest absolute Gasteiger partial charge is 0.0992 e. The quantitative estimate of drug-likeness (QED) is 0.831. The molecule has 0 saturated carbocycles. The summed E-state index contributed by atoms with van der Waals surface area (Å²) in [5, 5.41) is 12.9. The van der Waals surface area contributed by atoms with E-state index in [1.165, 1.54) is 0 Å². The predicted octanol–water partition coefficient (Wildman–Crippen LogP) is 3.97. The number of hydrogen-bond donors (Lipinski definition) is 2. The summed E-state index contributed by atoms with van der Waals surface area (Å²) in [6.07, 6.45) is 0. The lowest BCUT2D eigenvalue weighted by Crippen LogP contribution is -2.09. The Morgan fingerprint density at radius 2 is 2.00 bits per heavy atom. The van der Waals surface area contributed by atoms with Gasteiger partial charge in [-0.3, -0.25) is 0 Å². The van der Waals surface area contributed by atoms with Crippen molar-refractivity contribution in [2.24, 2.45) is 0 Å². The van der Waals surface area contributed by atoms with Gasteiger partial charge in [-0.15, -0.1) is 0 Å². The molecule has 0 heterocycles. The van der Waals surface area contributed by atoms with Crippen molar-refractivity contribution >= 4 is 23.0 Å². The zero-order chi connectivity index (χ0) is 13.8. The van der Waals surface area contributed by atoms with Gasteiger partial charge in [0.1, 0.15) is 0 Å². The molecule has 96 valence electrons. The van der Waals surface area contributed by atoms with Gasteiger partial charge in [-0.25, -0.2) is 0 Å². The zero-order valence-corrected chi connectivity index (χ0v) is 11.3. The topological polar surface area (TPSA) is 61.8 Å². The first-order valence-electron chi connectivity index (χ1n) is 5.92. The monoisotopic (exact) mass is 271 g/mol. The summed E-state index contributed by atoms with van der Waals surface area (Å²) >= 11 is 6.16. The van der Waals surface area contributed by atoms with E-state index in [-0.39, 0.29) is 6.04 Å². The van der Waals surface area contributed by atoms with Crippen LogP contribution in [0.25, 0.3) is 0 Å². The summed E-state index contributed by atoms with van der Waals surface area (Å²) < 4.78 is 0. The van der Waals surface area contributed by atoms with Crippen molar-refractivity contribution in [3.63, 3.8) is 0 Å². The van der Waals surface area contributed by atoms with Crippen molar-refractivity contribution in [3.05, 3.63) is 58.6 Å². The number of nitrogens with zero attached hydrogens (tertiary/aromatic N) is 1. The van der Waals surface area contributed by atoms with Crippen LogP contribution in [0.5, 0.6) is 0 Å². The van der Waals surface area contributed by atoms with Gasteiger partial charge < -0.3 is 11.1 Å². The Morgan fingerprint density at radius 1 is 1.26 bits per heavy atom. The Labute approximate surface area is 117 Å². The molecule has 1 unspecified atom stereocenters. The molecular weight excluding hydrogens is 258 g/mol. The molecular formula is C15H14ClN3. The van der Waals surface area contributed by atoms with Gasteiger partial charge in [0, 0.05) is 5.02 Å². The largest absolute Gasteiger partial charge is 0.397 e. The lowest BCUT2D eigenvalue weighted by Gasteiger charge is -2.18. The highest BCUT2D eigenvalue weighted by atomic mass is 35.5. The minimum absolute atomic E-state index is 0.00458. The van der Waals surface area contributed by atoms with Gasteiger partial charge in [0.15, 0.2) is 0 Å². The molecule has 0 aromatic heterocycles. The summed E-state index contributed by atoms with van der Waals surface area (Å²) in [5.41, 5.74) is 8.82. The number of halogens is 1. The van der Waals surface area contributed by atoms with Crippen LogP contribution in [0.4, 0.5) is 11.4 Å². The first-order chi connectivity index (χ1) is 9.11. The number of hydrogen-bond acceptors (Lipinski definition) is 3. The number of anilines is 2. The molecule has 2 aromatic rings. The van der Waals surface area contributed by atoms with Crippen molar-refractivity contribution in [3.8, 4) is 6.07 Å². The number of benzene rings is 2. The minimum atomic E-state index is 0.00458. The highest BCUT2D eigenvalue weighted by molar-refractivity contribution is 6.31. The summed E-state index contributed by atoms with van der Waals surface area (Å²) in [6.45, 7) is 2.00. The third-order valence-corrected chi connectivity index (χ3v) is 3.27. The second kappa shape index (κ2) is 5.64. The van der Waals surface area contributed by atoms with Crippen LogP contribution in [0.3, 0.4) is 0 Å². The second-order valence-corrected chi connectivity index (χ2v) is 4.71. The van der Waals surface area contributed by atoms with Crippen LogP contribution >= 0.6 is 11.6 Å². The molecule has 0 amide bonds. The van der Waals surface area contributed by atoms with Crippen LogP contribution in [0.2, 0.25) is 5.02 Å². The van der Waals surface area contributed by atoms with E-state index in [1.807, 2.05) is 31.2 Å². The lowest BCUT2D eigenvalue weighted by atomic mass is 10.1. The third kappa shape index (κ3) is 2.98. The van der Waals surface area contributed by atoms with E-state index in [9.17, 15) is 0 Å². The fourth-order valence-corrected chi connectivity index (χ4v) is 2.19. The van der Waals surface area contributed by atoms with Gasteiger partial charge in [-0.2, -0.15) is 5.26 Å². The van der Waals surface area contributed by atoms with Crippen molar-refractivity contribution in [1.29, 1.82) is 5.26 Å². The molecule has 0 aliphatic rings. The highest BCUT2D eigenvalue weighted by Gasteiger charge is 2.10. The summed E-state index contributed by atoms with van der Waals surface area (Å²) in [5.74, 6) is 0. The molecule has 0 aliphatic heterocycles. The average Bonchev–Trinajstić information content (AvgIpc) is 2.41. The van der Waals surface area contributed by atoms with Crippen molar-refractivity contribution < 1.29 is 0 Å². The molecule has 19 heavy (non-hydrogen) atoms. The van der Waals surface area contributed by atoms with Crippen molar-refractivity contribution in [2.45, 2.75) is 13.0 Å². The molecule has 0 radical (unpaired) electrons. The summed E-state index contributed by atoms with van der Waals surface area (Å²) in [7, 11) is 0. The number of nitrogens with two attached hydrogens (primary N) is 1. The molecule has 1 atom stereocenters. The van der Waals surface area contributed by atoms with Crippen LogP contribution in [0, 0.1) is 11.3 Å². The van der Waals surface area contributed by atoms with Gasteiger partial charge in [0.2, 0.25) is 0 Å². The van der Waals surface area contributed by atoms with Gasteiger partial charge in [-0.1, -0.05) is 29.8 Å². The maximum Gasteiger partial charge on any atom is 0.0992 e. The number of rotatable bonds is 3. The second-order valence-electron chi connectivity index (χ2n) is 4.30. The van der Waals surface area contributed by atoms with Crippen LogP contribution in [0.1, 0.15) is 24.1 Å². The van der Waals surface area contributed by atoms with Crippen molar-refractivity contribution in [2.75, 3.05) is 11.1 Å². The Morgan fingerprint density at radius 3 is 2.68 bits per heavy atom. The molecule has 3 nitrogen and oxygen atoms in total. The van der Waals surface area contributed by atoms with Gasteiger partial charge in [-0.05, 0) is 36.8 Å². The van der Waals surface area contributed by atoms with Gasteiger partial charge >= 0.3 is 0 Å². The highest BCUT2D eigenvalue weighted by Crippen LogP contribution is 2.28. The molecule has 2 rings (SSSR count). The van der Waals surface area contributed by atoms with Crippen LogP contribution < -0.4 is 11.1 Å². The summed E-state index contributed by atoms with van der Waals surface area (Å²) in [4.78, 5) is 0. The SMILES string of the molecule is CC(Nc1cc(C#N)ccc1N)c1ccccc1Cl. The maximum absolute atomic E-state index is 8.91. The summed E-state index contributed by atoms with van der Waals surface area (Å²) in [6, 6.07) is 14.9. The first-order valence-corrected chi connectivity index (χ1v) is 6.30. The zero-order valence-electron chi connectivity index (χ0n) is 10.5. The standard InChI is InChI=1S/C15H14ClN3/c1-10(12-4-2-3-5-13(12)16)19-15-8-11(9-17)6-7-14(15)18/h2-8,10,19H,18H2,1H3.